The van der Waals surface area contributed by atoms with Crippen molar-refractivity contribution in [2.75, 3.05) is 5.75 Å². The quantitative estimate of drug-likeness (QED) is 0.167. The molecule has 13 heteroatoms. The molecule has 0 radical (unpaired) electrons. The van der Waals surface area contributed by atoms with Crippen molar-refractivity contribution in [3.8, 4) is 5.75 Å². The monoisotopic (exact) mass is 570 g/mol. The van der Waals surface area contributed by atoms with E-state index in [1.807, 2.05) is 37.3 Å². The number of carbonyl (C=O) groups is 1. The van der Waals surface area contributed by atoms with Gasteiger partial charge >= 0.3 is 12.3 Å². The van der Waals surface area contributed by atoms with Crippen molar-refractivity contribution in [2.24, 2.45) is 25.8 Å². The molecule has 0 heterocycles. The summed E-state index contributed by atoms with van der Waals surface area (Å²) in [5.74, 6) is -1.31. The summed E-state index contributed by atoms with van der Waals surface area (Å²) in [6.07, 6.45) is -2.02. The second kappa shape index (κ2) is 14.5. The number of nitrogens with zero attached hydrogens (tertiary/aromatic N) is 4. The molecule has 0 spiro atoms. The van der Waals surface area contributed by atoms with Gasteiger partial charge in [0.2, 0.25) is 0 Å². The van der Waals surface area contributed by atoms with Gasteiger partial charge in [0.25, 0.3) is 0 Å². The molecule has 9 nitrogen and oxygen atoms in total. The van der Waals surface area contributed by atoms with E-state index in [-0.39, 0.29) is 23.4 Å². The van der Waals surface area contributed by atoms with E-state index in [9.17, 15) is 18.0 Å². The number of benzene rings is 3. The minimum absolute atomic E-state index is 0.169. The maximum absolute atomic E-state index is 12.2. The Morgan fingerprint density at radius 2 is 1.75 bits per heavy atom. The van der Waals surface area contributed by atoms with Gasteiger partial charge in [0.05, 0.1) is 23.7 Å². The number of alkyl halides is 3. The fraction of sp³-hybridized carbons (Fsp3) is 0.148. The fourth-order valence-electron chi connectivity index (χ4n) is 3.08. The molecule has 0 fully saturated rings. The minimum Gasteiger partial charge on any atom is -0.481 e. The van der Waals surface area contributed by atoms with Gasteiger partial charge in [0.1, 0.15) is 17.9 Å². The van der Waals surface area contributed by atoms with Crippen LogP contribution in [0.1, 0.15) is 29.7 Å². The molecule has 0 aliphatic rings. The predicted molar refractivity (Wildman–Crippen MR) is 152 cm³/mol. The van der Waals surface area contributed by atoms with Gasteiger partial charge in [-0.3, -0.25) is 15.2 Å². The van der Waals surface area contributed by atoms with Crippen LogP contribution in [-0.2, 0) is 4.79 Å². The van der Waals surface area contributed by atoms with E-state index in [4.69, 9.17) is 10.8 Å². The number of hydrogen-bond donors (Lipinski definition) is 3. The fourth-order valence-corrected chi connectivity index (χ4v) is 3.69. The van der Waals surface area contributed by atoms with Crippen LogP contribution >= 0.6 is 11.8 Å². The first-order valence-electron chi connectivity index (χ1n) is 11.7. The highest BCUT2D eigenvalue weighted by molar-refractivity contribution is 8.14. The molecule has 1 atom stereocenters. The number of aliphatic imine (C=N–C) groups is 3. The average molecular weight is 571 g/mol. The zero-order valence-corrected chi connectivity index (χ0v) is 21.9. The van der Waals surface area contributed by atoms with E-state index < -0.39 is 12.3 Å². The maximum Gasteiger partial charge on any atom is 0.573 e. The van der Waals surface area contributed by atoms with Crippen molar-refractivity contribution in [2.45, 2.75) is 19.3 Å². The first-order chi connectivity index (χ1) is 19.1. The number of aliphatic carboxylic acids is 1. The first-order valence-corrected chi connectivity index (χ1v) is 12.7. The lowest BCUT2D eigenvalue weighted by Gasteiger charge is -2.10. The number of hydrazone groups is 1. The van der Waals surface area contributed by atoms with Crippen LogP contribution in [0.5, 0.6) is 5.75 Å². The molecule has 208 valence electrons. The Morgan fingerprint density at radius 3 is 2.38 bits per heavy atom. The summed E-state index contributed by atoms with van der Waals surface area (Å²) in [7, 11) is 0. The van der Waals surface area contributed by atoms with E-state index in [2.05, 4.69) is 30.2 Å². The van der Waals surface area contributed by atoms with Gasteiger partial charge in [-0.25, -0.2) is 9.98 Å². The van der Waals surface area contributed by atoms with Crippen LogP contribution in [0.4, 0.5) is 18.9 Å². The third-order valence-corrected chi connectivity index (χ3v) is 5.84. The summed E-state index contributed by atoms with van der Waals surface area (Å²) in [4.78, 5) is 23.7. The standard InChI is InChI=1S/C27H25F3N6O3S/c1-18(20-5-3-2-4-6-20)35-26(40-16-24(37)38)36-34-15-19-7-9-21(10-8-19)25(31)33-17-32-22-11-13-23(14-12-22)39-27(28,29)30/h2-15,17-18H,16H2,1H3,(H,35,36)(H,37,38)(H2,31,32,33)/b34-15+. The van der Waals surface area contributed by atoms with Crippen LogP contribution in [0.3, 0.4) is 0 Å². The van der Waals surface area contributed by atoms with Gasteiger partial charge in [-0.05, 0) is 42.3 Å². The average Bonchev–Trinajstić information content (AvgIpc) is 2.92. The number of thioether (sulfide) groups is 1. The molecular weight excluding hydrogens is 545 g/mol. The lowest BCUT2D eigenvalue weighted by atomic mass is 10.1. The Balaban J connectivity index is 1.59. The van der Waals surface area contributed by atoms with Crippen molar-refractivity contribution >= 4 is 47.0 Å². The van der Waals surface area contributed by atoms with Crippen LogP contribution in [0, 0.1) is 0 Å². The normalized spacial score (nSPS) is 13.5. The second-order valence-electron chi connectivity index (χ2n) is 8.00. The molecule has 1 unspecified atom stereocenters. The summed E-state index contributed by atoms with van der Waals surface area (Å²) in [5.41, 5.74) is 11.5. The van der Waals surface area contributed by atoms with Gasteiger partial charge in [0, 0.05) is 5.56 Å². The van der Waals surface area contributed by atoms with Crippen molar-refractivity contribution in [1.82, 2.24) is 5.43 Å². The zero-order chi connectivity index (χ0) is 29.0. The summed E-state index contributed by atoms with van der Waals surface area (Å²) >= 11 is 1.03. The molecule has 0 bridgehead atoms. The van der Waals surface area contributed by atoms with Crippen LogP contribution in [0.2, 0.25) is 0 Å². The Bertz CT molecular complexity index is 1380. The third-order valence-electron chi connectivity index (χ3n) is 4.98. The van der Waals surface area contributed by atoms with Gasteiger partial charge in [0.15, 0.2) is 5.17 Å². The van der Waals surface area contributed by atoms with Crippen molar-refractivity contribution in [1.29, 1.82) is 0 Å². The molecular formula is C27H25F3N6O3S. The third kappa shape index (κ3) is 10.6. The van der Waals surface area contributed by atoms with Gasteiger partial charge in [-0.2, -0.15) is 5.10 Å². The molecule has 3 aromatic carbocycles. The summed E-state index contributed by atoms with van der Waals surface area (Å²) in [6, 6.07) is 21.4. The van der Waals surface area contributed by atoms with E-state index in [0.717, 1.165) is 35.0 Å². The molecule has 3 aromatic rings. The molecule has 0 aliphatic carbocycles. The minimum atomic E-state index is -4.76. The molecule has 0 saturated heterocycles. The number of rotatable bonds is 10. The van der Waals surface area contributed by atoms with Crippen LogP contribution in [0.15, 0.2) is 98.9 Å². The highest BCUT2D eigenvalue weighted by atomic mass is 32.2. The van der Waals surface area contributed by atoms with Crippen LogP contribution in [-0.4, -0.2) is 46.7 Å². The number of ether oxygens (including phenoxy) is 1. The van der Waals surface area contributed by atoms with Crippen molar-refractivity contribution in [3.05, 3.63) is 95.6 Å². The number of nitrogens with two attached hydrogens (primary N) is 1. The summed E-state index contributed by atoms with van der Waals surface area (Å²) in [5, 5.41) is 13.6. The molecule has 0 saturated carbocycles. The molecule has 40 heavy (non-hydrogen) atoms. The van der Waals surface area contributed by atoms with Gasteiger partial charge < -0.3 is 15.6 Å². The number of hydrogen-bond acceptors (Lipinski definition) is 6. The number of amidine groups is 2. The zero-order valence-electron chi connectivity index (χ0n) is 21.1. The Hall–Kier alpha value is -4.65. The number of halogens is 3. The molecule has 0 aliphatic heterocycles. The van der Waals surface area contributed by atoms with E-state index in [0.29, 0.717) is 16.4 Å². The molecule has 0 amide bonds. The first kappa shape index (κ1) is 29.9. The molecule has 3 rings (SSSR count). The Labute approximate surface area is 232 Å². The topological polar surface area (TPSA) is 134 Å². The number of carboxylic acid groups (broad SMARTS) is 1. The van der Waals surface area contributed by atoms with Crippen molar-refractivity contribution < 1.29 is 27.8 Å². The van der Waals surface area contributed by atoms with Crippen LogP contribution in [0.25, 0.3) is 0 Å². The van der Waals surface area contributed by atoms with E-state index >= 15 is 0 Å². The largest absolute Gasteiger partial charge is 0.573 e. The lowest BCUT2D eigenvalue weighted by Crippen LogP contribution is -2.17. The smallest absolute Gasteiger partial charge is 0.481 e. The highest BCUT2D eigenvalue weighted by Gasteiger charge is 2.30. The van der Waals surface area contributed by atoms with Crippen LogP contribution < -0.4 is 15.9 Å². The van der Waals surface area contributed by atoms with Gasteiger partial charge in [-0.1, -0.05) is 66.4 Å². The molecule has 0 aromatic heterocycles. The second-order valence-corrected chi connectivity index (χ2v) is 8.96. The number of carboxylic acids is 1. The Kier molecular flexibility index (Phi) is 10.8. The maximum atomic E-state index is 12.2. The Morgan fingerprint density at radius 1 is 1.07 bits per heavy atom. The predicted octanol–water partition coefficient (Wildman–Crippen LogP) is 5.51. The van der Waals surface area contributed by atoms with E-state index in [1.54, 1.807) is 30.5 Å². The summed E-state index contributed by atoms with van der Waals surface area (Å²) < 4.78 is 40.5. The van der Waals surface area contributed by atoms with Crippen molar-refractivity contribution in [3.63, 3.8) is 0 Å². The van der Waals surface area contributed by atoms with E-state index in [1.165, 1.54) is 18.5 Å². The van der Waals surface area contributed by atoms with Gasteiger partial charge in [-0.15, -0.1) is 13.2 Å². The SMILES string of the molecule is CC(N=C(N/N=C/c1ccc(C(N)=NC=Nc2ccc(OC(F)(F)F)cc2)cc1)SCC(=O)O)c1ccccc1. The summed E-state index contributed by atoms with van der Waals surface area (Å²) in [6.45, 7) is 1.90. The lowest BCUT2D eigenvalue weighted by molar-refractivity contribution is -0.274. The molecule has 4 N–H and O–H groups in total. The number of nitrogens with one attached hydrogen (secondary N) is 1. The highest BCUT2D eigenvalue weighted by Crippen LogP contribution is 2.24.